The van der Waals surface area contributed by atoms with E-state index in [9.17, 15) is 4.79 Å². The smallest absolute Gasteiger partial charge is 0.220 e. The Hall–Kier alpha value is -0.530. The van der Waals surface area contributed by atoms with Gasteiger partial charge in [-0.05, 0) is 37.5 Å². The number of hydrogen-bond acceptors (Lipinski definition) is 1. The van der Waals surface area contributed by atoms with Crippen molar-refractivity contribution in [3.8, 4) is 0 Å². The Balaban J connectivity index is 1.47. The van der Waals surface area contributed by atoms with Crippen LogP contribution in [0.25, 0.3) is 0 Å². The molecule has 0 heterocycles. The van der Waals surface area contributed by atoms with Crippen LogP contribution in [0, 0.1) is 11.8 Å². The molecule has 0 unspecified atom stereocenters. The van der Waals surface area contributed by atoms with Crippen molar-refractivity contribution >= 4 is 5.91 Å². The molecule has 0 aliphatic heterocycles. The maximum atomic E-state index is 11.7. The minimum absolute atomic E-state index is 0.295. The second-order valence-electron chi connectivity index (χ2n) is 6.00. The summed E-state index contributed by atoms with van der Waals surface area (Å²) in [5, 5.41) is 3.09. The Morgan fingerprint density at radius 2 is 1.53 bits per heavy atom. The highest BCUT2D eigenvalue weighted by Crippen LogP contribution is 2.28. The van der Waals surface area contributed by atoms with E-state index in [2.05, 4.69) is 5.32 Å². The summed E-state index contributed by atoms with van der Waals surface area (Å²) in [4.78, 5) is 11.7. The number of carbonyl (C=O) groups is 1. The van der Waals surface area contributed by atoms with E-state index in [1.54, 1.807) is 0 Å². The largest absolute Gasteiger partial charge is 0.356 e. The topological polar surface area (TPSA) is 29.1 Å². The third kappa shape index (κ3) is 4.69. The van der Waals surface area contributed by atoms with Crippen LogP contribution in [-0.4, -0.2) is 12.5 Å². The fourth-order valence-electron chi connectivity index (χ4n) is 3.47. The van der Waals surface area contributed by atoms with Crippen molar-refractivity contribution in [1.82, 2.24) is 5.32 Å². The van der Waals surface area contributed by atoms with Crippen LogP contribution in [0.4, 0.5) is 0 Å². The van der Waals surface area contributed by atoms with Crippen LogP contribution in [0.2, 0.25) is 0 Å². The van der Waals surface area contributed by atoms with Crippen LogP contribution >= 0.6 is 0 Å². The Morgan fingerprint density at radius 3 is 2.18 bits per heavy atom. The first-order valence-electron chi connectivity index (χ1n) is 7.61. The maximum Gasteiger partial charge on any atom is 0.220 e. The van der Waals surface area contributed by atoms with E-state index in [1.165, 1.54) is 64.2 Å². The van der Waals surface area contributed by atoms with Crippen molar-refractivity contribution < 1.29 is 4.79 Å². The summed E-state index contributed by atoms with van der Waals surface area (Å²) in [5.41, 5.74) is 0. The van der Waals surface area contributed by atoms with Gasteiger partial charge in [0.2, 0.25) is 5.91 Å². The first-order valence-corrected chi connectivity index (χ1v) is 7.61. The van der Waals surface area contributed by atoms with Gasteiger partial charge < -0.3 is 5.32 Å². The molecule has 2 aliphatic carbocycles. The summed E-state index contributed by atoms with van der Waals surface area (Å²) in [6.45, 7) is 0.905. The molecule has 2 saturated carbocycles. The van der Waals surface area contributed by atoms with E-state index in [1.807, 2.05) is 0 Å². The van der Waals surface area contributed by atoms with E-state index in [0.29, 0.717) is 11.8 Å². The average molecular weight is 237 g/mol. The minimum Gasteiger partial charge on any atom is -0.356 e. The Labute approximate surface area is 106 Å². The molecule has 1 amide bonds. The molecule has 0 saturated heterocycles. The fourth-order valence-corrected chi connectivity index (χ4v) is 3.47. The molecule has 0 radical (unpaired) electrons. The van der Waals surface area contributed by atoms with Gasteiger partial charge in [0.15, 0.2) is 0 Å². The minimum atomic E-state index is 0.295. The zero-order chi connectivity index (χ0) is 11.9. The molecular formula is C15H27NO. The highest BCUT2D eigenvalue weighted by Gasteiger charge is 2.18. The summed E-state index contributed by atoms with van der Waals surface area (Å²) < 4.78 is 0. The predicted octanol–water partition coefficient (Wildman–Crippen LogP) is 3.65. The number of hydrogen-bond donors (Lipinski definition) is 1. The van der Waals surface area contributed by atoms with E-state index in [-0.39, 0.29) is 0 Å². The van der Waals surface area contributed by atoms with Gasteiger partial charge in [-0.2, -0.15) is 0 Å². The van der Waals surface area contributed by atoms with Crippen LogP contribution in [0.3, 0.4) is 0 Å². The van der Waals surface area contributed by atoms with Crippen LogP contribution in [0.1, 0.15) is 70.6 Å². The lowest BCUT2D eigenvalue weighted by Gasteiger charge is -2.11. The van der Waals surface area contributed by atoms with Gasteiger partial charge in [-0.3, -0.25) is 4.79 Å². The lowest BCUT2D eigenvalue weighted by atomic mass is 10.0. The first-order chi connectivity index (χ1) is 8.34. The van der Waals surface area contributed by atoms with E-state index in [0.717, 1.165) is 18.9 Å². The number of nitrogens with one attached hydrogen (secondary N) is 1. The highest BCUT2D eigenvalue weighted by atomic mass is 16.1. The summed E-state index contributed by atoms with van der Waals surface area (Å²) in [6, 6.07) is 0. The van der Waals surface area contributed by atoms with Crippen LogP contribution in [-0.2, 0) is 4.79 Å². The lowest BCUT2D eigenvalue weighted by Crippen LogP contribution is -2.26. The van der Waals surface area contributed by atoms with Crippen molar-refractivity contribution in [3.63, 3.8) is 0 Å². The second kappa shape index (κ2) is 7.03. The first kappa shape index (κ1) is 12.9. The zero-order valence-electron chi connectivity index (χ0n) is 11.0. The van der Waals surface area contributed by atoms with E-state index in [4.69, 9.17) is 0 Å². The van der Waals surface area contributed by atoms with Crippen molar-refractivity contribution in [1.29, 1.82) is 0 Å². The third-order valence-electron chi connectivity index (χ3n) is 4.53. The normalized spacial score (nSPS) is 22.1. The molecule has 0 bridgehead atoms. The van der Waals surface area contributed by atoms with Crippen molar-refractivity contribution in [2.24, 2.45) is 11.8 Å². The molecule has 0 atom stereocenters. The molecule has 1 N–H and O–H groups in total. The Morgan fingerprint density at radius 1 is 0.941 bits per heavy atom. The van der Waals surface area contributed by atoms with Crippen LogP contribution in [0.5, 0.6) is 0 Å². The van der Waals surface area contributed by atoms with Gasteiger partial charge in [-0.15, -0.1) is 0 Å². The fraction of sp³-hybridized carbons (Fsp3) is 0.933. The van der Waals surface area contributed by atoms with E-state index < -0.39 is 0 Å². The van der Waals surface area contributed by atoms with Gasteiger partial charge in [0.05, 0.1) is 0 Å². The Bertz CT molecular complexity index is 227. The summed E-state index contributed by atoms with van der Waals surface area (Å²) in [6.07, 6.45) is 14.2. The van der Waals surface area contributed by atoms with Gasteiger partial charge in [0.1, 0.15) is 0 Å². The SMILES string of the molecule is O=C(CC1CCCC1)NCCCC1CCCC1. The highest BCUT2D eigenvalue weighted by molar-refractivity contribution is 5.76. The second-order valence-corrected chi connectivity index (χ2v) is 6.00. The molecule has 2 rings (SSSR count). The monoisotopic (exact) mass is 237 g/mol. The lowest BCUT2D eigenvalue weighted by molar-refractivity contribution is -0.122. The number of carbonyl (C=O) groups excluding carboxylic acids is 1. The van der Waals surface area contributed by atoms with Gasteiger partial charge >= 0.3 is 0 Å². The predicted molar refractivity (Wildman–Crippen MR) is 70.8 cm³/mol. The quantitative estimate of drug-likeness (QED) is 0.702. The molecule has 0 aromatic heterocycles. The average Bonchev–Trinajstić information content (AvgIpc) is 2.96. The summed E-state index contributed by atoms with van der Waals surface area (Å²) in [7, 11) is 0. The van der Waals surface area contributed by atoms with Crippen molar-refractivity contribution in [3.05, 3.63) is 0 Å². The van der Waals surface area contributed by atoms with Crippen molar-refractivity contribution in [2.75, 3.05) is 6.54 Å². The van der Waals surface area contributed by atoms with Gasteiger partial charge in [0, 0.05) is 13.0 Å². The number of rotatable bonds is 6. The Kier molecular flexibility index (Phi) is 5.34. The molecule has 98 valence electrons. The molecule has 2 aliphatic rings. The van der Waals surface area contributed by atoms with Crippen molar-refractivity contribution in [2.45, 2.75) is 70.6 Å². The molecule has 2 nitrogen and oxygen atoms in total. The molecule has 17 heavy (non-hydrogen) atoms. The molecule has 0 aromatic carbocycles. The van der Waals surface area contributed by atoms with Gasteiger partial charge in [-0.25, -0.2) is 0 Å². The molecule has 2 heteroatoms. The molecule has 0 spiro atoms. The third-order valence-corrected chi connectivity index (χ3v) is 4.53. The summed E-state index contributed by atoms with van der Waals surface area (Å²) in [5.74, 6) is 1.94. The molecule has 2 fully saturated rings. The van der Waals surface area contributed by atoms with Crippen LogP contribution < -0.4 is 5.32 Å². The summed E-state index contributed by atoms with van der Waals surface area (Å²) >= 11 is 0. The molecule has 0 aromatic rings. The van der Waals surface area contributed by atoms with Gasteiger partial charge in [-0.1, -0.05) is 38.5 Å². The van der Waals surface area contributed by atoms with E-state index >= 15 is 0 Å². The standard InChI is InChI=1S/C15H27NO/c17-15(12-14-8-3-4-9-14)16-11-5-10-13-6-1-2-7-13/h13-14H,1-12H2,(H,16,17). The maximum absolute atomic E-state index is 11.7. The molecular weight excluding hydrogens is 210 g/mol. The van der Waals surface area contributed by atoms with Crippen LogP contribution in [0.15, 0.2) is 0 Å². The van der Waals surface area contributed by atoms with Gasteiger partial charge in [0.25, 0.3) is 0 Å². The zero-order valence-corrected chi connectivity index (χ0v) is 11.0. The number of amides is 1.